The zero-order valence-electron chi connectivity index (χ0n) is 15.8. The highest BCUT2D eigenvalue weighted by atomic mass is 35.5. The SMILES string of the molecule is CN1C[C@H]2C[C@@]2(C#Cc2cc3ncnc(Nc4cccc(Cl)c4F)c3cc2N)C1. The Kier molecular flexibility index (Phi) is 4.12. The topological polar surface area (TPSA) is 67.1 Å². The standard InChI is InChI=1S/C22H19ClFN5/c1-29-10-14-9-22(14,11-29)6-5-13-7-19-15(8-17(13)25)21(27-12-26-19)28-18-4-2-3-16(23)20(18)24/h2-4,7-8,12,14H,9-11,25H2,1H3,(H,26,27,28)/t14-,22+/m1/s1. The lowest BCUT2D eigenvalue weighted by molar-refractivity contribution is 0.360. The van der Waals surface area contributed by atoms with Gasteiger partial charge in [-0.15, -0.1) is 0 Å². The fraction of sp³-hybridized carbons (Fsp3) is 0.273. The van der Waals surface area contributed by atoms with E-state index in [-0.39, 0.29) is 16.1 Å². The van der Waals surface area contributed by atoms with Crippen molar-refractivity contribution in [2.75, 3.05) is 31.2 Å². The highest BCUT2D eigenvalue weighted by Gasteiger charge is 2.58. The van der Waals surface area contributed by atoms with Crippen molar-refractivity contribution in [1.29, 1.82) is 0 Å². The molecule has 1 saturated heterocycles. The first-order chi connectivity index (χ1) is 13.9. The lowest BCUT2D eigenvalue weighted by Crippen LogP contribution is -2.19. The van der Waals surface area contributed by atoms with Crippen LogP contribution in [0.15, 0.2) is 36.7 Å². The second-order valence-electron chi connectivity index (χ2n) is 7.91. The largest absolute Gasteiger partial charge is 0.398 e. The molecule has 1 saturated carbocycles. The third-order valence-corrected chi connectivity index (χ3v) is 6.07. The van der Waals surface area contributed by atoms with E-state index < -0.39 is 5.82 Å². The third-order valence-electron chi connectivity index (χ3n) is 5.77. The van der Waals surface area contributed by atoms with Gasteiger partial charge in [-0.1, -0.05) is 29.5 Å². The highest BCUT2D eigenvalue weighted by molar-refractivity contribution is 6.31. The van der Waals surface area contributed by atoms with Crippen LogP contribution in [-0.2, 0) is 0 Å². The molecule has 1 aromatic heterocycles. The highest BCUT2D eigenvalue weighted by Crippen LogP contribution is 2.56. The second-order valence-corrected chi connectivity index (χ2v) is 8.32. The summed E-state index contributed by atoms with van der Waals surface area (Å²) in [6, 6.07) is 8.42. The summed E-state index contributed by atoms with van der Waals surface area (Å²) in [6.45, 7) is 2.13. The zero-order chi connectivity index (χ0) is 20.2. The summed E-state index contributed by atoms with van der Waals surface area (Å²) < 4.78 is 14.3. The van der Waals surface area contributed by atoms with E-state index in [4.69, 9.17) is 17.3 Å². The van der Waals surface area contributed by atoms with Crippen LogP contribution in [-0.4, -0.2) is 35.0 Å². The fourth-order valence-electron chi connectivity index (χ4n) is 4.18. The smallest absolute Gasteiger partial charge is 0.165 e. The van der Waals surface area contributed by atoms with Crippen molar-refractivity contribution in [2.24, 2.45) is 11.3 Å². The van der Waals surface area contributed by atoms with Crippen LogP contribution < -0.4 is 11.1 Å². The molecular weight excluding hydrogens is 389 g/mol. The molecule has 0 spiro atoms. The number of fused-ring (bicyclic) bond motifs is 2. The number of halogens is 2. The number of rotatable bonds is 2. The quantitative estimate of drug-likeness (QED) is 0.495. The van der Waals surface area contributed by atoms with Gasteiger partial charge in [0, 0.05) is 35.1 Å². The van der Waals surface area contributed by atoms with E-state index in [2.05, 4.69) is 39.1 Å². The Balaban J connectivity index is 1.50. The lowest BCUT2D eigenvalue weighted by atomic mass is 10.0. The number of nitrogens with one attached hydrogen (secondary N) is 1. The van der Waals surface area contributed by atoms with Crippen LogP contribution in [0.4, 0.5) is 21.6 Å². The van der Waals surface area contributed by atoms with Crippen molar-refractivity contribution in [3.8, 4) is 11.8 Å². The van der Waals surface area contributed by atoms with E-state index in [1.165, 1.54) is 18.8 Å². The van der Waals surface area contributed by atoms with Gasteiger partial charge in [0.15, 0.2) is 5.82 Å². The molecule has 2 fully saturated rings. The van der Waals surface area contributed by atoms with Gasteiger partial charge >= 0.3 is 0 Å². The van der Waals surface area contributed by atoms with Crippen molar-refractivity contribution < 1.29 is 4.39 Å². The van der Waals surface area contributed by atoms with Crippen LogP contribution in [0.3, 0.4) is 0 Å². The fourth-order valence-corrected chi connectivity index (χ4v) is 4.35. The number of piperidine rings is 1. The van der Waals surface area contributed by atoms with Crippen molar-refractivity contribution in [2.45, 2.75) is 6.42 Å². The molecule has 0 amide bonds. The van der Waals surface area contributed by atoms with Gasteiger partial charge in [-0.3, -0.25) is 0 Å². The average Bonchev–Trinajstić information content (AvgIpc) is 3.25. The Hall–Kier alpha value is -2.88. The van der Waals surface area contributed by atoms with Gasteiger partial charge in [-0.2, -0.15) is 0 Å². The van der Waals surface area contributed by atoms with E-state index >= 15 is 0 Å². The van der Waals surface area contributed by atoms with E-state index in [0.29, 0.717) is 28.3 Å². The normalized spacial score (nSPS) is 22.8. The first-order valence-electron chi connectivity index (χ1n) is 9.42. The summed E-state index contributed by atoms with van der Waals surface area (Å²) in [5.74, 6) is 7.33. The number of nitrogens with two attached hydrogens (primary N) is 1. The van der Waals surface area contributed by atoms with E-state index in [1.807, 2.05) is 6.07 Å². The summed E-state index contributed by atoms with van der Waals surface area (Å²) in [5.41, 5.74) is 8.64. The molecule has 1 aliphatic heterocycles. The molecule has 7 heteroatoms. The molecule has 2 heterocycles. The Morgan fingerprint density at radius 1 is 1.34 bits per heavy atom. The van der Waals surface area contributed by atoms with Gasteiger partial charge in [0.05, 0.1) is 16.2 Å². The monoisotopic (exact) mass is 407 g/mol. The third kappa shape index (κ3) is 3.17. The van der Waals surface area contributed by atoms with Crippen LogP contribution in [0.5, 0.6) is 0 Å². The summed E-state index contributed by atoms with van der Waals surface area (Å²) in [4.78, 5) is 10.9. The van der Waals surface area contributed by atoms with Crippen LogP contribution in [0.1, 0.15) is 12.0 Å². The molecule has 2 aromatic carbocycles. The van der Waals surface area contributed by atoms with Gasteiger partial charge in [0.25, 0.3) is 0 Å². The molecule has 5 rings (SSSR count). The predicted octanol–water partition coefficient (Wildman–Crippen LogP) is 4.05. The second kappa shape index (κ2) is 6.58. The van der Waals surface area contributed by atoms with Crippen LogP contribution >= 0.6 is 11.6 Å². The van der Waals surface area contributed by atoms with E-state index in [9.17, 15) is 4.39 Å². The van der Waals surface area contributed by atoms with Gasteiger partial charge in [-0.05, 0) is 43.7 Å². The van der Waals surface area contributed by atoms with Gasteiger partial charge < -0.3 is 16.0 Å². The zero-order valence-corrected chi connectivity index (χ0v) is 16.6. The number of nitrogen functional groups attached to an aromatic ring is 1. The molecule has 0 bridgehead atoms. The van der Waals surface area contributed by atoms with Gasteiger partial charge in [0.1, 0.15) is 12.1 Å². The maximum Gasteiger partial charge on any atom is 0.165 e. The number of aromatic nitrogens is 2. The van der Waals surface area contributed by atoms with Gasteiger partial charge in [0.2, 0.25) is 0 Å². The molecule has 1 aliphatic carbocycles. The Morgan fingerprint density at radius 2 is 2.21 bits per heavy atom. The average molecular weight is 408 g/mol. The lowest BCUT2D eigenvalue weighted by Gasteiger charge is -2.11. The molecule has 0 unspecified atom stereocenters. The number of anilines is 3. The van der Waals surface area contributed by atoms with Crippen molar-refractivity contribution in [3.63, 3.8) is 0 Å². The molecule has 5 nitrogen and oxygen atoms in total. The molecule has 146 valence electrons. The van der Waals surface area contributed by atoms with Crippen molar-refractivity contribution >= 4 is 39.7 Å². The first kappa shape index (κ1) is 18.2. The summed E-state index contributed by atoms with van der Waals surface area (Å²) >= 11 is 5.87. The van der Waals surface area contributed by atoms with Crippen LogP contribution in [0, 0.1) is 29.0 Å². The Bertz CT molecular complexity index is 1200. The molecule has 3 aromatic rings. The molecule has 2 atom stereocenters. The molecule has 3 N–H and O–H groups in total. The van der Waals surface area contributed by atoms with Crippen LogP contribution in [0.2, 0.25) is 5.02 Å². The van der Waals surface area contributed by atoms with Crippen molar-refractivity contribution in [3.05, 3.63) is 53.1 Å². The minimum atomic E-state index is -0.531. The Labute approximate surface area is 173 Å². The van der Waals surface area contributed by atoms with E-state index in [1.54, 1.807) is 18.2 Å². The number of likely N-dealkylation sites (tertiary alicyclic amines) is 1. The number of hydrogen-bond acceptors (Lipinski definition) is 5. The molecule has 0 radical (unpaired) electrons. The van der Waals surface area contributed by atoms with Crippen molar-refractivity contribution in [1.82, 2.24) is 14.9 Å². The summed E-state index contributed by atoms with van der Waals surface area (Å²) in [5, 5.41) is 3.72. The minimum absolute atomic E-state index is 0.0424. The molecular formula is C22H19ClFN5. The maximum absolute atomic E-state index is 14.3. The van der Waals surface area contributed by atoms with E-state index in [0.717, 1.165) is 18.7 Å². The summed E-state index contributed by atoms with van der Waals surface area (Å²) in [7, 11) is 2.13. The predicted molar refractivity (Wildman–Crippen MR) is 114 cm³/mol. The molecule has 2 aliphatic rings. The minimum Gasteiger partial charge on any atom is -0.398 e. The summed E-state index contributed by atoms with van der Waals surface area (Å²) in [6.07, 6.45) is 2.60. The number of nitrogens with zero attached hydrogens (tertiary/aromatic N) is 3. The van der Waals surface area contributed by atoms with Gasteiger partial charge in [-0.25, -0.2) is 14.4 Å². The Morgan fingerprint density at radius 3 is 3.00 bits per heavy atom. The van der Waals surface area contributed by atoms with Crippen LogP contribution in [0.25, 0.3) is 10.9 Å². The number of hydrogen-bond donors (Lipinski definition) is 2. The first-order valence-corrected chi connectivity index (χ1v) is 9.80. The maximum atomic E-state index is 14.3. The molecule has 29 heavy (non-hydrogen) atoms. The number of benzene rings is 2.